The normalized spacial score (nSPS) is 15.9. The molecular formula is C27H32N8O2. The molecule has 1 aliphatic carbocycles. The van der Waals surface area contributed by atoms with Crippen molar-refractivity contribution < 1.29 is 9.90 Å². The van der Waals surface area contributed by atoms with E-state index in [9.17, 15) is 9.90 Å². The maximum atomic E-state index is 11.8. The van der Waals surface area contributed by atoms with Gasteiger partial charge in [-0.25, -0.2) is 20.4 Å². The van der Waals surface area contributed by atoms with Gasteiger partial charge in [0, 0.05) is 68.1 Å². The summed E-state index contributed by atoms with van der Waals surface area (Å²) < 4.78 is 0. The van der Waals surface area contributed by atoms with Gasteiger partial charge in [-0.3, -0.25) is 9.69 Å². The first-order valence-corrected chi connectivity index (χ1v) is 12.6. The van der Waals surface area contributed by atoms with Crippen molar-refractivity contribution in [2.24, 2.45) is 0 Å². The molecule has 0 amide bonds. The van der Waals surface area contributed by atoms with Crippen LogP contribution in [0.5, 0.6) is 0 Å². The molecule has 1 aromatic carbocycles. The lowest BCUT2D eigenvalue weighted by molar-refractivity contribution is 0.112. The first-order valence-electron chi connectivity index (χ1n) is 12.6. The summed E-state index contributed by atoms with van der Waals surface area (Å²) in [7, 11) is 0. The molecule has 1 saturated carbocycles. The van der Waals surface area contributed by atoms with Gasteiger partial charge in [-0.05, 0) is 43.2 Å². The molecule has 0 radical (unpaired) electrons. The number of aliphatic hydroxyl groups excluding tert-OH is 1. The fraction of sp³-hybridized carbons (Fsp3) is 0.333. The highest BCUT2D eigenvalue weighted by Crippen LogP contribution is 2.31. The van der Waals surface area contributed by atoms with E-state index in [0.29, 0.717) is 36.0 Å². The van der Waals surface area contributed by atoms with Crippen molar-refractivity contribution in [1.29, 1.82) is 0 Å². The van der Waals surface area contributed by atoms with Crippen molar-refractivity contribution in [1.82, 2.24) is 25.3 Å². The van der Waals surface area contributed by atoms with E-state index in [1.807, 2.05) is 36.4 Å². The van der Waals surface area contributed by atoms with Gasteiger partial charge in [-0.2, -0.15) is 4.98 Å². The van der Waals surface area contributed by atoms with E-state index in [1.54, 1.807) is 17.3 Å². The molecule has 3 N–H and O–H groups in total. The molecule has 1 aliphatic heterocycles. The predicted octanol–water partition coefficient (Wildman–Crippen LogP) is 3.03. The van der Waals surface area contributed by atoms with E-state index in [0.717, 1.165) is 49.2 Å². The third kappa shape index (κ3) is 5.77. The van der Waals surface area contributed by atoms with Gasteiger partial charge in [0.2, 0.25) is 5.95 Å². The van der Waals surface area contributed by atoms with Gasteiger partial charge >= 0.3 is 0 Å². The SMILES string of the molecule is C=CCNN(c1ccccn1)c1nc(Nc2ccc(N3CCN(C4CC4)CC3)c(CO)c2)ncc1C=O. The number of nitrogens with zero attached hydrogens (tertiary/aromatic N) is 6. The Labute approximate surface area is 216 Å². The highest BCUT2D eigenvalue weighted by molar-refractivity contribution is 5.84. The van der Waals surface area contributed by atoms with Gasteiger partial charge in [0.15, 0.2) is 12.1 Å². The van der Waals surface area contributed by atoms with Crippen LogP contribution in [0, 0.1) is 0 Å². The molecule has 0 bridgehead atoms. The number of hydrogen-bond donors (Lipinski definition) is 3. The van der Waals surface area contributed by atoms with E-state index in [-0.39, 0.29) is 6.61 Å². The van der Waals surface area contributed by atoms with Gasteiger partial charge in [0.1, 0.15) is 5.82 Å². The molecule has 3 aromatic rings. The summed E-state index contributed by atoms with van der Waals surface area (Å²) in [4.78, 5) is 30.1. The predicted molar refractivity (Wildman–Crippen MR) is 144 cm³/mol. The number of benzene rings is 1. The van der Waals surface area contributed by atoms with Crippen LogP contribution in [0.25, 0.3) is 0 Å². The van der Waals surface area contributed by atoms with Crippen LogP contribution in [0.2, 0.25) is 0 Å². The molecule has 2 aromatic heterocycles. The summed E-state index contributed by atoms with van der Waals surface area (Å²) in [5.74, 6) is 1.25. The zero-order chi connectivity index (χ0) is 25.6. The van der Waals surface area contributed by atoms with E-state index in [1.165, 1.54) is 19.0 Å². The number of anilines is 5. The number of aldehydes is 1. The minimum absolute atomic E-state index is 0.0667. The lowest BCUT2D eigenvalue weighted by atomic mass is 10.1. The minimum atomic E-state index is -0.0667. The lowest BCUT2D eigenvalue weighted by Crippen LogP contribution is -2.47. The third-order valence-corrected chi connectivity index (χ3v) is 6.63. The second-order valence-corrected chi connectivity index (χ2v) is 9.15. The Morgan fingerprint density at radius 3 is 2.65 bits per heavy atom. The van der Waals surface area contributed by atoms with Crippen molar-refractivity contribution in [3.8, 4) is 0 Å². The van der Waals surface area contributed by atoms with Crippen molar-refractivity contribution in [2.45, 2.75) is 25.5 Å². The Kier molecular flexibility index (Phi) is 7.69. The molecule has 0 atom stereocenters. The number of rotatable bonds is 11. The Morgan fingerprint density at radius 1 is 1.14 bits per heavy atom. The fourth-order valence-electron chi connectivity index (χ4n) is 4.61. The molecule has 37 heavy (non-hydrogen) atoms. The molecule has 3 heterocycles. The van der Waals surface area contributed by atoms with Crippen LogP contribution >= 0.6 is 0 Å². The first kappa shape index (κ1) is 24.8. The number of hydrogen-bond acceptors (Lipinski definition) is 10. The summed E-state index contributed by atoms with van der Waals surface area (Å²) in [6.45, 7) is 8.16. The van der Waals surface area contributed by atoms with Crippen LogP contribution in [-0.2, 0) is 6.61 Å². The number of aliphatic hydroxyl groups is 1. The summed E-state index contributed by atoms with van der Waals surface area (Å²) in [5.41, 5.74) is 6.13. The molecule has 10 heteroatoms. The lowest BCUT2D eigenvalue weighted by Gasteiger charge is -2.37. The molecule has 2 aliphatic rings. The highest BCUT2D eigenvalue weighted by Gasteiger charge is 2.31. The molecule has 2 fully saturated rings. The summed E-state index contributed by atoms with van der Waals surface area (Å²) in [5, 5.41) is 15.0. The van der Waals surface area contributed by atoms with Gasteiger partial charge < -0.3 is 15.3 Å². The standard InChI is InChI=1S/C27H32N8O2/c1-2-10-30-35(25-5-3-4-11-28-25)26-21(19-37)17-29-27(32-26)31-22-6-9-24(20(16-22)18-36)34-14-12-33(13-15-34)23-7-8-23/h2-6,9,11,16-17,19,23,30,36H,1,7-8,10,12-15,18H2,(H,29,31,32). The van der Waals surface area contributed by atoms with Crippen LogP contribution in [0.4, 0.5) is 29.0 Å². The van der Waals surface area contributed by atoms with E-state index in [2.05, 4.69) is 42.1 Å². The zero-order valence-electron chi connectivity index (χ0n) is 20.8. The number of pyridine rings is 1. The smallest absolute Gasteiger partial charge is 0.229 e. The molecule has 10 nitrogen and oxygen atoms in total. The van der Waals surface area contributed by atoms with Crippen LogP contribution in [-0.4, -0.2) is 70.0 Å². The molecule has 0 spiro atoms. The molecule has 5 rings (SSSR count). The van der Waals surface area contributed by atoms with Gasteiger partial charge in [-0.15, -0.1) is 6.58 Å². The molecule has 0 unspecified atom stereocenters. The van der Waals surface area contributed by atoms with E-state index >= 15 is 0 Å². The highest BCUT2D eigenvalue weighted by atomic mass is 16.3. The summed E-state index contributed by atoms with van der Waals surface area (Å²) >= 11 is 0. The Morgan fingerprint density at radius 2 is 1.97 bits per heavy atom. The van der Waals surface area contributed by atoms with Gasteiger partial charge in [-0.1, -0.05) is 12.1 Å². The van der Waals surface area contributed by atoms with Gasteiger partial charge in [0.25, 0.3) is 0 Å². The summed E-state index contributed by atoms with van der Waals surface area (Å²) in [6.07, 6.45) is 8.22. The van der Waals surface area contributed by atoms with Crippen molar-refractivity contribution in [3.63, 3.8) is 0 Å². The van der Waals surface area contributed by atoms with Crippen molar-refractivity contribution >= 4 is 35.2 Å². The average molecular weight is 501 g/mol. The maximum Gasteiger partial charge on any atom is 0.229 e. The Balaban J connectivity index is 1.37. The number of carbonyl (C=O) groups is 1. The maximum absolute atomic E-state index is 11.8. The monoisotopic (exact) mass is 500 g/mol. The first-order chi connectivity index (χ1) is 18.2. The molecular weight excluding hydrogens is 468 g/mol. The second-order valence-electron chi connectivity index (χ2n) is 9.15. The number of hydrazine groups is 1. The average Bonchev–Trinajstić information content (AvgIpc) is 3.80. The van der Waals surface area contributed by atoms with Crippen LogP contribution in [0.15, 0.2) is 61.4 Å². The number of carbonyl (C=O) groups excluding carboxylic acids is 1. The quantitative estimate of drug-likeness (QED) is 0.206. The van der Waals surface area contributed by atoms with Crippen molar-refractivity contribution in [2.75, 3.05) is 47.9 Å². The van der Waals surface area contributed by atoms with E-state index in [4.69, 9.17) is 0 Å². The topological polar surface area (TPSA) is 110 Å². The zero-order valence-corrected chi connectivity index (χ0v) is 20.8. The summed E-state index contributed by atoms with van der Waals surface area (Å²) in [6, 6.07) is 12.2. The number of aromatic nitrogens is 3. The third-order valence-electron chi connectivity index (χ3n) is 6.63. The molecule has 192 valence electrons. The van der Waals surface area contributed by atoms with Crippen LogP contribution < -0.4 is 20.7 Å². The largest absolute Gasteiger partial charge is 0.392 e. The van der Waals surface area contributed by atoms with Crippen molar-refractivity contribution in [3.05, 3.63) is 72.6 Å². The Hall–Kier alpha value is -3.86. The Bertz CT molecular complexity index is 1230. The second kappa shape index (κ2) is 11.5. The van der Waals surface area contributed by atoms with Gasteiger partial charge in [0.05, 0.1) is 12.2 Å². The van der Waals surface area contributed by atoms with E-state index < -0.39 is 0 Å². The number of nitrogens with one attached hydrogen (secondary N) is 2. The molecule has 1 saturated heterocycles. The van der Waals surface area contributed by atoms with Crippen LogP contribution in [0.1, 0.15) is 28.8 Å². The fourth-order valence-corrected chi connectivity index (χ4v) is 4.61. The number of piperazine rings is 1. The minimum Gasteiger partial charge on any atom is -0.392 e. The van der Waals surface area contributed by atoms with Crippen LogP contribution in [0.3, 0.4) is 0 Å².